The maximum absolute atomic E-state index is 12.5. The number of hydrogen-bond acceptors (Lipinski definition) is 4. The van der Waals surface area contributed by atoms with Crippen LogP contribution in [0.2, 0.25) is 0 Å². The van der Waals surface area contributed by atoms with E-state index in [0.29, 0.717) is 17.2 Å². The first-order valence-electron chi connectivity index (χ1n) is 9.40. The molecule has 0 unspecified atom stereocenters. The van der Waals surface area contributed by atoms with Crippen LogP contribution in [0.15, 0.2) is 36.4 Å². The lowest BCUT2D eigenvalue weighted by Crippen LogP contribution is -2.12. The molecule has 0 atom stereocenters. The number of aromatic nitrogens is 1. The Morgan fingerprint density at radius 2 is 2.04 bits per heavy atom. The van der Waals surface area contributed by atoms with Crippen LogP contribution in [-0.2, 0) is 22.5 Å². The smallest absolute Gasteiger partial charge is 0.317 e. The predicted molar refractivity (Wildman–Crippen MR) is 108 cm³/mol. The number of anilines is 1. The van der Waals surface area contributed by atoms with Gasteiger partial charge in [-0.05, 0) is 55.1 Å². The molecule has 28 heavy (non-hydrogen) atoms. The van der Waals surface area contributed by atoms with Gasteiger partial charge in [-0.2, -0.15) is 0 Å². The van der Waals surface area contributed by atoms with Crippen molar-refractivity contribution in [1.29, 1.82) is 0 Å². The summed E-state index contributed by atoms with van der Waals surface area (Å²) in [6, 6.07) is 11.4. The molecule has 0 radical (unpaired) electrons. The molecule has 1 aliphatic heterocycles. The minimum atomic E-state index is -0.0760. The van der Waals surface area contributed by atoms with Gasteiger partial charge in [0.2, 0.25) is 5.91 Å². The number of aromatic amines is 1. The van der Waals surface area contributed by atoms with Crippen LogP contribution in [0.4, 0.5) is 11.4 Å². The predicted octanol–water partition coefficient (Wildman–Crippen LogP) is 3.58. The highest BCUT2D eigenvalue weighted by Crippen LogP contribution is 2.39. The average Bonchev–Trinajstić information content (AvgIpc) is 2.99. The van der Waals surface area contributed by atoms with Gasteiger partial charge in [0.05, 0.1) is 22.7 Å². The van der Waals surface area contributed by atoms with Crippen molar-refractivity contribution in [3.8, 4) is 11.3 Å². The van der Waals surface area contributed by atoms with E-state index in [0.717, 1.165) is 52.7 Å². The Kier molecular flexibility index (Phi) is 4.83. The fourth-order valence-electron chi connectivity index (χ4n) is 3.76. The zero-order valence-electron chi connectivity index (χ0n) is 15.7. The molecule has 0 aliphatic carbocycles. The summed E-state index contributed by atoms with van der Waals surface area (Å²) in [5, 5.41) is 3.84. The third kappa shape index (κ3) is 3.25. The van der Waals surface area contributed by atoms with Gasteiger partial charge >= 0.3 is 5.69 Å². The summed E-state index contributed by atoms with van der Waals surface area (Å²) in [7, 11) is 1.32. The zero-order valence-corrected chi connectivity index (χ0v) is 15.7. The standard InChI is InChI=1S/C21H22N4O3/c1-28-25(27)14-6-8-18-15(11-14)16-12-20(26)23-19-7-5-13(4-2-3-9-22)10-17(19)21(16)24-18/h5-8,10-11H,2-4,9,12,22H2,1H3,(H-,23,24,26,27)/p+1. The Labute approximate surface area is 162 Å². The van der Waals surface area contributed by atoms with Gasteiger partial charge in [-0.1, -0.05) is 6.07 Å². The number of benzene rings is 2. The number of carbonyl (C=O) groups is 1. The van der Waals surface area contributed by atoms with Crippen LogP contribution in [-0.4, -0.2) is 29.5 Å². The number of rotatable bonds is 6. The second kappa shape index (κ2) is 7.44. The first-order chi connectivity index (χ1) is 13.6. The van der Waals surface area contributed by atoms with Gasteiger partial charge < -0.3 is 16.0 Å². The van der Waals surface area contributed by atoms with Crippen molar-refractivity contribution < 1.29 is 14.6 Å². The van der Waals surface area contributed by atoms with Gasteiger partial charge in [-0.3, -0.25) is 4.79 Å². The van der Waals surface area contributed by atoms with Gasteiger partial charge in [0, 0.05) is 28.6 Å². The number of H-pyrrole nitrogens is 1. The largest absolute Gasteiger partial charge is 0.354 e. The lowest BCUT2D eigenvalue weighted by atomic mass is 9.99. The fraction of sp³-hybridized carbons (Fsp3) is 0.286. The molecule has 0 bridgehead atoms. The van der Waals surface area contributed by atoms with E-state index < -0.39 is 0 Å². The van der Waals surface area contributed by atoms with E-state index in [2.05, 4.69) is 22.4 Å². The SMILES string of the molecule is CO[N+](=O)c1ccc2[nH]c3c(c2c1)CC(=O)Nc1ccc(CCCCN)cc1-3. The number of aryl methyl sites for hydroxylation is 1. The summed E-state index contributed by atoms with van der Waals surface area (Å²) in [5.41, 5.74) is 11.6. The number of unbranched alkanes of at least 4 members (excludes halogenated alkanes) is 1. The van der Waals surface area contributed by atoms with Gasteiger partial charge in [0.1, 0.15) is 0 Å². The minimum absolute atomic E-state index is 0.0760. The lowest BCUT2D eigenvalue weighted by molar-refractivity contribution is -0.736. The number of carbonyl (C=O) groups excluding carboxylic acids is 1. The number of nitrogens with one attached hydrogen (secondary N) is 2. The monoisotopic (exact) mass is 379 g/mol. The highest BCUT2D eigenvalue weighted by Gasteiger charge is 2.25. The summed E-state index contributed by atoms with van der Waals surface area (Å²) >= 11 is 0. The van der Waals surface area contributed by atoms with Gasteiger partial charge in [-0.25, -0.2) is 4.84 Å². The van der Waals surface area contributed by atoms with Crippen molar-refractivity contribution in [1.82, 2.24) is 4.98 Å². The second-order valence-electron chi connectivity index (χ2n) is 7.00. The number of hydrogen-bond donors (Lipinski definition) is 3. The topological polar surface area (TPSA) is 100 Å². The average molecular weight is 379 g/mol. The number of amides is 1. The highest BCUT2D eigenvalue weighted by molar-refractivity contribution is 6.05. The third-order valence-electron chi connectivity index (χ3n) is 5.15. The first kappa shape index (κ1) is 18.2. The van der Waals surface area contributed by atoms with Gasteiger partial charge in [0.25, 0.3) is 4.92 Å². The Balaban J connectivity index is 1.84. The Bertz CT molecular complexity index is 1070. The molecule has 1 amide bonds. The van der Waals surface area contributed by atoms with Crippen molar-refractivity contribution in [2.45, 2.75) is 25.7 Å². The number of nitrogens with zero attached hydrogens (tertiary/aromatic N) is 1. The molecule has 4 N–H and O–H groups in total. The van der Waals surface area contributed by atoms with E-state index in [4.69, 9.17) is 10.6 Å². The first-order valence-corrected chi connectivity index (χ1v) is 9.40. The zero-order chi connectivity index (χ0) is 19.7. The maximum atomic E-state index is 12.5. The van der Waals surface area contributed by atoms with Crippen molar-refractivity contribution in [2.24, 2.45) is 5.73 Å². The molecule has 2 heterocycles. The fourth-order valence-corrected chi connectivity index (χ4v) is 3.76. The van der Waals surface area contributed by atoms with E-state index in [-0.39, 0.29) is 12.3 Å². The van der Waals surface area contributed by atoms with Crippen molar-refractivity contribution in [3.05, 3.63) is 52.4 Å². The van der Waals surface area contributed by atoms with E-state index >= 15 is 0 Å². The molecule has 0 fully saturated rings. The molecule has 7 nitrogen and oxygen atoms in total. The summed E-state index contributed by atoms with van der Waals surface area (Å²) in [6.45, 7) is 0.688. The molecule has 0 saturated heterocycles. The van der Waals surface area contributed by atoms with E-state index in [1.807, 2.05) is 12.1 Å². The van der Waals surface area contributed by atoms with Crippen LogP contribution in [0.1, 0.15) is 24.0 Å². The van der Waals surface area contributed by atoms with Crippen LogP contribution in [0, 0.1) is 4.91 Å². The molecule has 0 saturated carbocycles. The van der Waals surface area contributed by atoms with E-state index in [1.165, 1.54) is 12.7 Å². The van der Waals surface area contributed by atoms with Crippen LogP contribution in [0.25, 0.3) is 22.2 Å². The molecular weight excluding hydrogens is 356 g/mol. The minimum Gasteiger partial charge on any atom is -0.354 e. The van der Waals surface area contributed by atoms with E-state index in [9.17, 15) is 9.70 Å². The molecule has 1 aliphatic rings. The quantitative estimate of drug-likeness (QED) is 0.450. The second-order valence-corrected chi connectivity index (χ2v) is 7.00. The van der Waals surface area contributed by atoms with Crippen LogP contribution in [0.3, 0.4) is 0 Å². The molecule has 0 spiro atoms. The van der Waals surface area contributed by atoms with Crippen molar-refractivity contribution >= 4 is 28.2 Å². The van der Waals surface area contributed by atoms with Crippen LogP contribution >= 0.6 is 0 Å². The normalized spacial score (nSPS) is 12.9. The molecule has 2 aromatic carbocycles. The number of fused-ring (bicyclic) bond motifs is 5. The maximum Gasteiger partial charge on any atom is 0.317 e. The Hall–Kier alpha value is -3.19. The summed E-state index contributed by atoms with van der Waals surface area (Å²) in [6.07, 6.45) is 3.19. The summed E-state index contributed by atoms with van der Waals surface area (Å²) < 4.78 is 0. The third-order valence-corrected chi connectivity index (χ3v) is 5.15. The summed E-state index contributed by atoms with van der Waals surface area (Å²) in [4.78, 5) is 33.0. The number of nitrogens with two attached hydrogens (primary N) is 1. The molecule has 144 valence electrons. The van der Waals surface area contributed by atoms with Crippen molar-refractivity contribution in [3.63, 3.8) is 0 Å². The molecule has 3 aromatic rings. The van der Waals surface area contributed by atoms with Crippen LogP contribution in [0.5, 0.6) is 0 Å². The Morgan fingerprint density at radius 1 is 1.18 bits per heavy atom. The van der Waals surface area contributed by atoms with Crippen molar-refractivity contribution in [2.75, 3.05) is 19.0 Å². The molecular formula is C21H23N4O3+. The lowest BCUT2D eigenvalue weighted by Gasteiger charge is -2.10. The van der Waals surface area contributed by atoms with E-state index in [1.54, 1.807) is 12.1 Å². The summed E-state index contributed by atoms with van der Waals surface area (Å²) in [5.74, 6) is -0.0760. The Morgan fingerprint density at radius 3 is 2.82 bits per heavy atom. The van der Waals surface area contributed by atoms with Gasteiger partial charge in [-0.15, -0.1) is 0 Å². The molecule has 1 aromatic heterocycles. The van der Waals surface area contributed by atoms with Gasteiger partial charge in [0.15, 0.2) is 7.11 Å². The molecule has 4 rings (SSSR count). The highest BCUT2D eigenvalue weighted by atomic mass is 16.8. The van der Waals surface area contributed by atoms with Crippen LogP contribution < -0.4 is 11.1 Å². The molecule has 7 heteroatoms.